The molecule has 33 heavy (non-hydrogen) atoms. The van der Waals surface area contributed by atoms with Crippen LogP contribution in [0.4, 0.5) is 13.2 Å². The summed E-state index contributed by atoms with van der Waals surface area (Å²) in [6.07, 6.45) is -5.24. The smallest absolute Gasteiger partial charge is 0.387 e. The Bertz CT molecular complexity index is 1200. The van der Waals surface area contributed by atoms with Gasteiger partial charge in [0.05, 0.1) is 22.9 Å². The van der Waals surface area contributed by atoms with Crippen molar-refractivity contribution < 1.29 is 22.8 Å². The molecule has 170 valence electrons. The van der Waals surface area contributed by atoms with Crippen molar-refractivity contribution in [3.8, 4) is 22.5 Å². The number of rotatable bonds is 7. The van der Waals surface area contributed by atoms with Gasteiger partial charge in [0.15, 0.2) is 5.76 Å². The molecule has 7 heteroatoms. The highest BCUT2D eigenvalue weighted by Crippen LogP contribution is 2.35. The van der Waals surface area contributed by atoms with E-state index in [-0.39, 0.29) is 0 Å². The second-order valence-corrected chi connectivity index (χ2v) is 8.71. The molecule has 0 spiro atoms. The van der Waals surface area contributed by atoms with Crippen LogP contribution in [0, 0.1) is 6.92 Å². The summed E-state index contributed by atoms with van der Waals surface area (Å²) in [6.45, 7) is 1.77. The highest BCUT2D eigenvalue weighted by molar-refractivity contribution is 7.98. The molecule has 3 nitrogen and oxygen atoms in total. The van der Waals surface area contributed by atoms with E-state index in [2.05, 4.69) is 5.16 Å². The summed E-state index contributed by atoms with van der Waals surface area (Å²) in [7, 11) is 0. The Balaban J connectivity index is 1.45. The standard InChI is InChI=1S/C26H22F3NO2S/c1-17-24(23(31)16-33-15-18-6-5-9-22(14-18)26(27,28)29)25(32-30-17)21-12-10-20(11-13-21)19-7-3-2-4-8-19/h2-14,23,31H,15-16H2,1H3. The first-order valence-electron chi connectivity index (χ1n) is 10.4. The lowest BCUT2D eigenvalue weighted by Crippen LogP contribution is -2.05. The van der Waals surface area contributed by atoms with Crippen molar-refractivity contribution in [1.29, 1.82) is 0 Å². The second kappa shape index (κ2) is 9.85. The highest BCUT2D eigenvalue weighted by atomic mass is 32.2. The van der Waals surface area contributed by atoms with Gasteiger partial charge in [-0.2, -0.15) is 24.9 Å². The van der Waals surface area contributed by atoms with Gasteiger partial charge in [-0.15, -0.1) is 0 Å². The fraction of sp³-hybridized carbons (Fsp3) is 0.192. The first-order valence-corrected chi connectivity index (χ1v) is 11.5. The predicted molar refractivity (Wildman–Crippen MR) is 125 cm³/mol. The number of aromatic nitrogens is 1. The van der Waals surface area contributed by atoms with Gasteiger partial charge in [-0.05, 0) is 29.7 Å². The topological polar surface area (TPSA) is 46.3 Å². The van der Waals surface area contributed by atoms with Crippen LogP contribution in [0.15, 0.2) is 83.4 Å². The second-order valence-electron chi connectivity index (χ2n) is 7.68. The SMILES string of the molecule is Cc1noc(-c2ccc(-c3ccccc3)cc2)c1C(O)CSCc1cccc(C(F)(F)F)c1. The Morgan fingerprint density at radius 1 is 0.909 bits per heavy atom. The van der Waals surface area contributed by atoms with Crippen LogP contribution in [0.5, 0.6) is 0 Å². The van der Waals surface area contributed by atoms with Gasteiger partial charge >= 0.3 is 6.18 Å². The van der Waals surface area contributed by atoms with Crippen LogP contribution in [-0.4, -0.2) is 16.0 Å². The minimum atomic E-state index is -4.37. The van der Waals surface area contributed by atoms with E-state index in [0.717, 1.165) is 28.8 Å². The van der Waals surface area contributed by atoms with Gasteiger partial charge in [0, 0.05) is 17.1 Å². The lowest BCUT2D eigenvalue weighted by molar-refractivity contribution is -0.137. The first kappa shape index (κ1) is 23.1. The monoisotopic (exact) mass is 469 g/mol. The number of hydrogen-bond acceptors (Lipinski definition) is 4. The summed E-state index contributed by atoms with van der Waals surface area (Å²) in [5.74, 6) is 1.15. The summed E-state index contributed by atoms with van der Waals surface area (Å²) >= 11 is 1.36. The Morgan fingerprint density at radius 2 is 1.58 bits per heavy atom. The van der Waals surface area contributed by atoms with Gasteiger partial charge in [0.1, 0.15) is 0 Å². The third kappa shape index (κ3) is 5.49. The summed E-state index contributed by atoms with van der Waals surface area (Å²) in [4.78, 5) is 0. The van der Waals surface area contributed by atoms with Crippen molar-refractivity contribution >= 4 is 11.8 Å². The van der Waals surface area contributed by atoms with Crippen molar-refractivity contribution in [2.45, 2.75) is 25.0 Å². The summed E-state index contributed by atoms with van der Waals surface area (Å²) in [6, 6.07) is 23.1. The maximum Gasteiger partial charge on any atom is 0.416 e. The molecular weight excluding hydrogens is 447 g/mol. The molecule has 0 saturated heterocycles. The van der Waals surface area contributed by atoms with Gasteiger partial charge in [0.2, 0.25) is 0 Å². The molecule has 4 rings (SSSR count). The average Bonchev–Trinajstić information content (AvgIpc) is 3.21. The molecule has 0 aliphatic carbocycles. The maximum atomic E-state index is 12.9. The molecule has 1 N–H and O–H groups in total. The fourth-order valence-electron chi connectivity index (χ4n) is 3.63. The molecule has 0 saturated carbocycles. The largest absolute Gasteiger partial charge is 0.416 e. The Kier molecular flexibility index (Phi) is 6.91. The van der Waals surface area contributed by atoms with Gasteiger partial charge in [-0.3, -0.25) is 0 Å². The number of aryl methyl sites for hydroxylation is 1. The van der Waals surface area contributed by atoms with E-state index in [9.17, 15) is 18.3 Å². The minimum Gasteiger partial charge on any atom is -0.387 e. The van der Waals surface area contributed by atoms with Crippen molar-refractivity contribution in [3.63, 3.8) is 0 Å². The van der Waals surface area contributed by atoms with Gasteiger partial charge < -0.3 is 9.63 Å². The summed E-state index contributed by atoms with van der Waals surface area (Å²) < 4.78 is 44.3. The summed E-state index contributed by atoms with van der Waals surface area (Å²) in [5.41, 5.74) is 4.03. The normalized spacial score (nSPS) is 12.6. The molecule has 1 unspecified atom stereocenters. The van der Waals surface area contributed by atoms with E-state index in [0.29, 0.717) is 34.1 Å². The number of thioether (sulfide) groups is 1. The van der Waals surface area contributed by atoms with E-state index < -0.39 is 17.8 Å². The maximum absolute atomic E-state index is 12.9. The van der Waals surface area contributed by atoms with E-state index >= 15 is 0 Å². The zero-order valence-corrected chi connectivity index (χ0v) is 18.7. The number of alkyl halides is 3. The molecule has 0 aliphatic rings. The van der Waals surface area contributed by atoms with Crippen LogP contribution in [0.1, 0.15) is 28.5 Å². The third-order valence-electron chi connectivity index (χ3n) is 5.29. The quantitative estimate of drug-likeness (QED) is 0.308. The molecular formula is C26H22F3NO2S. The van der Waals surface area contributed by atoms with E-state index in [1.165, 1.54) is 17.8 Å². The summed E-state index contributed by atoms with van der Waals surface area (Å²) in [5, 5.41) is 14.9. The molecule has 0 amide bonds. The lowest BCUT2D eigenvalue weighted by Gasteiger charge is -2.12. The van der Waals surface area contributed by atoms with Crippen LogP contribution in [0.2, 0.25) is 0 Å². The predicted octanol–water partition coefficient (Wildman–Crippen LogP) is 7.30. The molecule has 0 aliphatic heterocycles. The molecule has 4 aromatic rings. The minimum absolute atomic E-state index is 0.299. The van der Waals surface area contributed by atoms with Crippen LogP contribution in [0.3, 0.4) is 0 Å². The molecule has 0 fully saturated rings. The van der Waals surface area contributed by atoms with E-state index in [4.69, 9.17) is 4.52 Å². The first-order chi connectivity index (χ1) is 15.8. The van der Waals surface area contributed by atoms with Gasteiger partial charge in [-0.1, -0.05) is 78.0 Å². The Hall–Kier alpha value is -3.03. The highest BCUT2D eigenvalue weighted by Gasteiger charge is 2.30. The Labute approximate surface area is 194 Å². The van der Waals surface area contributed by atoms with Crippen LogP contribution >= 0.6 is 11.8 Å². The van der Waals surface area contributed by atoms with Gasteiger partial charge in [-0.25, -0.2) is 0 Å². The zero-order chi connectivity index (χ0) is 23.4. The van der Waals surface area contributed by atoms with Crippen LogP contribution in [-0.2, 0) is 11.9 Å². The van der Waals surface area contributed by atoms with Crippen molar-refractivity contribution in [2.75, 3.05) is 5.75 Å². The molecule has 1 heterocycles. The Morgan fingerprint density at radius 3 is 2.27 bits per heavy atom. The number of hydrogen-bond donors (Lipinski definition) is 1. The molecule has 0 bridgehead atoms. The molecule has 0 radical (unpaired) electrons. The molecule has 3 aromatic carbocycles. The van der Waals surface area contributed by atoms with Crippen LogP contribution < -0.4 is 0 Å². The van der Waals surface area contributed by atoms with Crippen LogP contribution in [0.25, 0.3) is 22.5 Å². The van der Waals surface area contributed by atoms with E-state index in [1.54, 1.807) is 13.0 Å². The number of aliphatic hydroxyl groups excluding tert-OH is 1. The molecule has 1 atom stereocenters. The fourth-order valence-corrected chi connectivity index (χ4v) is 4.55. The number of halogens is 3. The zero-order valence-electron chi connectivity index (χ0n) is 17.8. The average molecular weight is 470 g/mol. The van der Waals surface area contributed by atoms with Gasteiger partial charge in [0.25, 0.3) is 0 Å². The van der Waals surface area contributed by atoms with Crippen molar-refractivity contribution in [2.24, 2.45) is 0 Å². The van der Waals surface area contributed by atoms with Crippen molar-refractivity contribution in [1.82, 2.24) is 5.16 Å². The number of aliphatic hydroxyl groups is 1. The third-order valence-corrected chi connectivity index (χ3v) is 6.38. The lowest BCUT2D eigenvalue weighted by atomic mass is 10.00. The number of benzene rings is 3. The number of nitrogens with zero attached hydrogens (tertiary/aromatic N) is 1. The molecule has 1 aromatic heterocycles. The van der Waals surface area contributed by atoms with Crippen molar-refractivity contribution in [3.05, 3.63) is 101 Å². The van der Waals surface area contributed by atoms with E-state index in [1.807, 2.05) is 54.6 Å².